The molecule has 5 rings (SSSR count). The number of rotatable bonds is 15. The fourth-order valence-corrected chi connectivity index (χ4v) is 6.70. The van der Waals surface area contributed by atoms with Crippen LogP contribution in [0, 0.1) is 12.8 Å². The SMILES string of the molecule is CNC(=O)c1c(-c2ccc(C)cc2)oc2nc(NS(=O)(=O)CCCC[C@H](C)C(=O)N[C@@H](CO)Cc3ccccc3)c(C3CC3)cc12. The van der Waals surface area contributed by atoms with Crippen molar-refractivity contribution < 1.29 is 27.5 Å². The Bertz CT molecular complexity index is 1780. The molecule has 4 aromatic rings. The number of anilines is 1. The van der Waals surface area contributed by atoms with Gasteiger partial charge in [0.2, 0.25) is 21.6 Å². The van der Waals surface area contributed by atoms with Gasteiger partial charge < -0.3 is 20.2 Å². The summed E-state index contributed by atoms with van der Waals surface area (Å²) < 4.78 is 35.2. The van der Waals surface area contributed by atoms with Crippen molar-refractivity contribution in [2.75, 3.05) is 24.1 Å². The smallest absolute Gasteiger partial charge is 0.255 e. The lowest BCUT2D eigenvalue weighted by Crippen LogP contribution is -2.41. The minimum atomic E-state index is -3.76. The standard InChI is InChI=1S/C35H42N4O6S/c1-22-12-14-26(15-13-22)31-30(34(42)36-3)29-20-28(25-16-17-25)32(38-35(29)45-31)39-46(43,44)18-8-7-9-23(2)33(41)37-27(21-40)19-24-10-5-4-6-11-24/h4-6,10-15,20,23,25,27,40H,7-9,16-19,21H2,1-3H3,(H,36,42)(H,37,41)(H,38,39)/t23-,27+/m0/s1. The number of sulfonamides is 1. The van der Waals surface area contributed by atoms with Crippen LogP contribution in [0.15, 0.2) is 65.1 Å². The van der Waals surface area contributed by atoms with Crippen molar-refractivity contribution in [3.05, 3.63) is 82.9 Å². The Morgan fingerprint density at radius 2 is 1.78 bits per heavy atom. The van der Waals surface area contributed by atoms with Crippen LogP contribution in [0.4, 0.5) is 5.82 Å². The van der Waals surface area contributed by atoms with Gasteiger partial charge >= 0.3 is 0 Å². The Morgan fingerprint density at radius 3 is 2.43 bits per heavy atom. The maximum atomic E-state index is 13.2. The van der Waals surface area contributed by atoms with E-state index in [4.69, 9.17) is 4.42 Å². The third-order valence-electron chi connectivity index (χ3n) is 8.39. The summed E-state index contributed by atoms with van der Waals surface area (Å²) in [4.78, 5) is 30.3. The lowest BCUT2D eigenvalue weighted by Gasteiger charge is -2.19. The highest BCUT2D eigenvalue weighted by atomic mass is 32.2. The summed E-state index contributed by atoms with van der Waals surface area (Å²) in [5.41, 5.74) is 4.12. The number of pyridine rings is 1. The van der Waals surface area contributed by atoms with Gasteiger partial charge in [-0.05, 0) is 62.1 Å². The van der Waals surface area contributed by atoms with Crippen molar-refractivity contribution in [2.24, 2.45) is 5.92 Å². The summed E-state index contributed by atoms with van der Waals surface area (Å²) in [6.07, 6.45) is 3.75. The van der Waals surface area contributed by atoms with Crippen LogP contribution < -0.4 is 15.4 Å². The number of carbonyl (C=O) groups is 2. The fourth-order valence-electron chi connectivity index (χ4n) is 5.56. The third kappa shape index (κ3) is 8.13. The molecular weight excluding hydrogens is 604 g/mol. The van der Waals surface area contributed by atoms with E-state index in [1.165, 1.54) is 0 Å². The Labute approximate surface area is 270 Å². The monoisotopic (exact) mass is 646 g/mol. The highest BCUT2D eigenvalue weighted by Gasteiger charge is 2.32. The summed E-state index contributed by atoms with van der Waals surface area (Å²) in [7, 11) is -2.20. The first kappa shape index (κ1) is 33.2. The number of nitrogens with zero attached hydrogens (tertiary/aromatic N) is 1. The largest absolute Gasteiger partial charge is 0.437 e. The van der Waals surface area contributed by atoms with Gasteiger partial charge in [0.05, 0.1) is 29.4 Å². The van der Waals surface area contributed by atoms with E-state index in [0.29, 0.717) is 42.4 Å². The van der Waals surface area contributed by atoms with Gasteiger partial charge in [0.15, 0.2) is 0 Å². The number of unbranched alkanes of at least 4 members (excludes halogenated alkanes) is 1. The van der Waals surface area contributed by atoms with Crippen molar-refractivity contribution in [3.63, 3.8) is 0 Å². The van der Waals surface area contributed by atoms with Crippen molar-refractivity contribution >= 4 is 38.8 Å². The number of fused-ring (bicyclic) bond motifs is 1. The van der Waals surface area contributed by atoms with Crippen molar-refractivity contribution in [1.82, 2.24) is 15.6 Å². The molecule has 46 heavy (non-hydrogen) atoms. The fraction of sp³-hybridized carbons (Fsp3) is 0.400. The number of aliphatic hydroxyl groups is 1. The average molecular weight is 647 g/mol. The number of hydrogen-bond acceptors (Lipinski definition) is 7. The summed E-state index contributed by atoms with van der Waals surface area (Å²) in [6, 6.07) is 18.7. The second kappa shape index (κ2) is 14.5. The zero-order chi connectivity index (χ0) is 32.8. The van der Waals surface area contributed by atoms with Gasteiger partial charge in [-0.1, -0.05) is 73.5 Å². The van der Waals surface area contributed by atoms with Crippen LogP contribution in [0.3, 0.4) is 0 Å². The molecule has 0 unspecified atom stereocenters. The third-order valence-corrected chi connectivity index (χ3v) is 9.72. The summed E-state index contributed by atoms with van der Waals surface area (Å²) >= 11 is 0. The molecule has 4 N–H and O–H groups in total. The Balaban J connectivity index is 1.24. The number of aryl methyl sites for hydroxylation is 1. The molecule has 0 bridgehead atoms. The van der Waals surface area contributed by atoms with Crippen LogP contribution in [0.2, 0.25) is 0 Å². The molecule has 2 aromatic carbocycles. The van der Waals surface area contributed by atoms with Crippen molar-refractivity contribution in [3.8, 4) is 11.3 Å². The number of benzene rings is 2. The Kier molecular flexibility index (Phi) is 10.4. The number of aliphatic hydroxyl groups excluding tert-OH is 1. The first-order valence-corrected chi connectivity index (χ1v) is 17.5. The first-order valence-electron chi connectivity index (χ1n) is 15.8. The maximum Gasteiger partial charge on any atom is 0.255 e. The first-order chi connectivity index (χ1) is 22.1. The Morgan fingerprint density at radius 1 is 1.07 bits per heavy atom. The molecule has 1 aliphatic carbocycles. The van der Waals surface area contributed by atoms with Gasteiger partial charge in [-0.25, -0.2) is 8.42 Å². The Hall–Kier alpha value is -4.22. The van der Waals surface area contributed by atoms with E-state index in [-0.39, 0.29) is 53.6 Å². The van der Waals surface area contributed by atoms with E-state index < -0.39 is 10.0 Å². The van der Waals surface area contributed by atoms with Crippen LogP contribution in [0.1, 0.15) is 72.0 Å². The van der Waals surface area contributed by atoms with Crippen LogP contribution in [-0.4, -0.2) is 55.8 Å². The number of nitrogens with one attached hydrogen (secondary N) is 3. The number of aromatic nitrogens is 1. The van der Waals surface area contributed by atoms with E-state index in [2.05, 4.69) is 20.3 Å². The van der Waals surface area contributed by atoms with Gasteiger partial charge in [-0.3, -0.25) is 14.3 Å². The molecule has 0 aliphatic heterocycles. The van der Waals surface area contributed by atoms with Crippen LogP contribution in [-0.2, 0) is 21.2 Å². The maximum absolute atomic E-state index is 13.2. The minimum Gasteiger partial charge on any atom is -0.437 e. The predicted octanol–water partition coefficient (Wildman–Crippen LogP) is 5.31. The van der Waals surface area contributed by atoms with Gasteiger partial charge in [-0.2, -0.15) is 4.98 Å². The lowest BCUT2D eigenvalue weighted by molar-refractivity contribution is -0.125. The molecular formula is C35H42N4O6S. The second-order valence-corrected chi connectivity index (χ2v) is 14.0. The highest BCUT2D eigenvalue weighted by molar-refractivity contribution is 7.92. The van der Waals surface area contributed by atoms with Crippen molar-refractivity contribution in [2.45, 2.75) is 64.3 Å². The molecule has 1 fully saturated rings. The summed E-state index contributed by atoms with van der Waals surface area (Å²) in [5, 5.41) is 15.9. The molecule has 0 saturated heterocycles. The van der Waals surface area contributed by atoms with Gasteiger partial charge in [-0.15, -0.1) is 0 Å². The normalized spacial score (nSPS) is 14.5. The molecule has 11 heteroatoms. The van der Waals surface area contributed by atoms with Crippen LogP contribution in [0.5, 0.6) is 0 Å². The zero-order valence-electron chi connectivity index (χ0n) is 26.5. The molecule has 2 aromatic heterocycles. The van der Waals surface area contributed by atoms with E-state index in [9.17, 15) is 23.1 Å². The van der Waals surface area contributed by atoms with Gasteiger partial charge in [0.25, 0.3) is 5.91 Å². The molecule has 2 amide bonds. The van der Waals surface area contributed by atoms with E-state index in [0.717, 1.165) is 35.1 Å². The highest BCUT2D eigenvalue weighted by Crippen LogP contribution is 2.45. The second-order valence-electron chi connectivity index (χ2n) is 12.2. The van der Waals surface area contributed by atoms with E-state index in [1.807, 2.05) is 67.6 Å². The van der Waals surface area contributed by atoms with Crippen LogP contribution >= 0.6 is 0 Å². The minimum absolute atomic E-state index is 0.130. The molecule has 2 heterocycles. The summed E-state index contributed by atoms with van der Waals surface area (Å²) in [5.74, 6) is -0.180. The molecule has 1 saturated carbocycles. The quantitative estimate of drug-likeness (QED) is 0.128. The topological polar surface area (TPSA) is 151 Å². The molecule has 2 atom stereocenters. The zero-order valence-corrected chi connectivity index (χ0v) is 27.3. The molecule has 10 nitrogen and oxygen atoms in total. The number of hydrogen-bond donors (Lipinski definition) is 4. The lowest BCUT2D eigenvalue weighted by atomic mass is 10.0. The molecule has 1 aliphatic rings. The van der Waals surface area contributed by atoms with E-state index >= 15 is 0 Å². The van der Waals surface area contributed by atoms with Gasteiger partial charge in [0, 0.05) is 18.5 Å². The van der Waals surface area contributed by atoms with Crippen molar-refractivity contribution in [1.29, 1.82) is 0 Å². The average Bonchev–Trinajstić information content (AvgIpc) is 3.83. The number of furan rings is 1. The van der Waals surface area contributed by atoms with Crippen LogP contribution in [0.25, 0.3) is 22.4 Å². The van der Waals surface area contributed by atoms with Gasteiger partial charge in [0.1, 0.15) is 11.6 Å². The molecule has 0 spiro atoms. The predicted molar refractivity (Wildman–Crippen MR) is 179 cm³/mol. The summed E-state index contributed by atoms with van der Waals surface area (Å²) in [6.45, 7) is 3.61. The number of carbonyl (C=O) groups excluding carboxylic acids is 2. The van der Waals surface area contributed by atoms with E-state index in [1.54, 1.807) is 14.0 Å². The number of amides is 2. The molecule has 0 radical (unpaired) electrons. The molecule has 244 valence electrons.